The molecule has 0 saturated heterocycles. The Labute approximate surface area is 94.7 Å². The molecular weight excluding hydrogens is 200 g/mol. The van der Waals surface area contributed by atoms with Crippen LogP contribution in [0.25, 0.3) is 11.0 Å². The summed E-state index contributed by atoms with van der Waals surface area (Å²) in [5, 5.41) is 8.97. The molecule has 84 valence electrons. The van der Waals surface area contributed by atoms with E-state index in [0.717, 1.165) is 12.2 Å². The standard InChI is InChI=1S/C12H16N4/c1-13-6-8-5-10-11(9-3-4-9)15-16(2)12(10)14-7-8/h5,7,9,13H,3-4,6H2,1-2H3. The Kier molecular flexibility index (Phi) is 2.17. The number of nitrogens with zero attached hydrogens (tertiary/aromatic N) is 3. The molecule has 0 aromatic carbocycles. The Morgan fingerprint density at radius 1 is 1.50 bits per heavy atom. The lowest BCUT2D eigenvalue weighted by atomic mass is 10.1. The zero-order valence-corrected chi connectivity index (χ0v) is 9.70. The van der Waals surface area contributed by atoms with Gasteiger partial charge in [-0.05, 0) is 31.5 Å². The molecule has 1 N–H and O–H groups in total. The van der Waals surface area contributed by atoms with Crippen LogP contribution in [-0.4, -0.2) is 21.8 Å². The molecule has 0 unspecified atom stereocenters. The normalized spacial score (nSPS) is 15.9. The Balaban J connectivity index is 2.15. The van der Waals surface area contributed by atoms with Gasteiger partial charge in [0.05, 0.1) is 5.69 Å². The van der Waals surface area contributed by atoms with Crippen molar-refractivity contribution in [3.63, 3.8) is 0 Å². The number of rotatable bonds is 3. The van der Waals surface area contributed by atoms with Crippen LogP contribution in [-0.2, 0) is 13.6 Å². The average molecular weight is 216 g/mol. The molecule has 0 radical (unpaired) electrons. The fourth-order valence-electron chi connectivity index (χ4n) is 2.17. The molecule has 0 spiro atoms. The molecule has 1 fully saturated rings. The average Bonchev–Trinajstić information content (AvgIpc) is 3.06. The van der Waals surface area contributed by atoms with E-state index in [1.807, 2.05) is 25.0 Å². The van der Waals surface area contributed by atoms with Crippen LogP contribution in [0.1, 0.15) is 30.0 Å². The van der Waals surface area contributed by atoms with Gasteiger partial charge in [0.1, 0.15) is 0 Å². The molecule has 0 amide bonds. The first-order chi connectivity index (χ1) is 7.79. The molecule has 1 aliphatic rings. The van der Waals surface area contributed by atoms with Gasteiger partial charge in [0, 0.05) is 31.1 Å². The topological polar surface area (TPSA) is 42.7 Å². The quantitative estimate of drug-likeness (QED) is 0.846. The number of nitrogens with one attached hydrogen (secondary N) is 1. The van der Waals surface area contributed by atoms with Crippen molar-refractivity contribution < 1.29 is 0 Å². The number of pyridine rings is 1. The minimum atomic E-state index is 0.676. The SMILES string of the molecule is CNCc1cnc2c(c1)c(C1CC1)nn2C. The summed E-state index contributed by atoms with van der Waals surface area (Å²) in [6, 6.07) is 2.22. The second-order valence-electron chi connectivity index (χ2n) is 4.53. The van der Waals surface area contributed by atoms with Gasteiger partial charge in [0.15, 0.2) is 5.65 Å². The molecular formula is C12H16N4. The second-order valence-corrected chi connectivity index (χ2v) is 4.53. The highest BCUT2D eigenvalue weighted by Gasteiger charge is 2.29. The lowest BCUT2D eigenvalue weighted by Crippen LogP contribution is -2.05. The highest BCUT2D eigenvalue weighted by molar-refractivity contribution is 5.79. The molecule has 0 aliphatic heterocycles. The smallest absolute Gasteiger partial charge is 0.157 e. The number of hydrogen-bond donors (Lipinski definition) is 1. The van der Waals surface area contributed by atoms with Crippen molar-refractivity contribution in [2.45, 2.75) is 25.3 Å². The molecule has 16 heavy (non-hydrogen) atoms. The molecule has 3 rings (SSSR count). The van der Waals surface area contributed by atoms with Crippen LogP contribution in [0.2, 0.25) is 0 Å². The molecule has 0 atom stereocenters. The van der Waals surface area contributed by atoms with Crippen molar-refractivity contribution in [1.29, 1.82) is 0 Å². The van der Waals surface area contributed by atoms with Crippen molar-refractivity contribution >= 4 is 11.0 Å². The number of aryl methyl sites for hydroxylation is 1. The van der Waals surface area contributed by atoms with E-state index < -0.39 is 0 Å². The van der Waals surface area contributed by atoms with E-state index in [1.165, 1.54) is 29.5 Å². The number of hydrogen-bond acceptors (Lipinski definition) is 3. The summed E-state index contributed by atoms with van der Waals surface area (Å²) in [6.07, 6.45) is 4.49. The molecule has 4 nitrogen and oxygen atoms in total. The maximum atomic E-state index is 4.59. The van der Waals surface area contributed by atoms with Crippen molar-refractivity contribution in [3.05, 3.63) is 23.5 Å². The molecule has 1 aliphatic carbocycles. The first kappa shape index (κ1) is 9.78. The van der Waals surface area contributed by atoms with E-state index in [1.54, 1.807) is 0 Å². The van der Waals surface area contributed by atoms with Crippen molar-refractivity contribution in [3.8, 4) is 0 Å². The van der Waals surface area contributed by atoms with Crippen LogP contribution in [0.5, 0.6) is 0 Å². The van der Waals surface area contributed by atoms with Crippen molar-refractivity contribution in [1.82, 2.24) is 20.1 Å². The molecule has 4 heteroatoms. The van der Waals surface area contributed by atoms with Gasteiger partial charge in [-0.25, -0.2) is 4.98 Å². The van der Waals surface area contributed by atoms with Gasteiger partial charge in [-0.15, -0.1) is 0 Å². The summed E-state index contributed by atoms with van der Waals surface area (Å²) in [5.74, 6) is 0.676. The van der Waals surface area contributed by atoms with E-state index in [-0.39, 0.29) is 0 Å². The van der Waals surface area contributed by atoms with Crippen LogP contribution < -0.4 is 5.32 Å². The minimum absolute atomic E-state index is 0.676. The third kappa shape index (κ3) is 1.50. The molecule has 2 aromatic rings. The van der Waals surface area contributed by atoms with Gasteiger partial charge >= 0.3 is 0 Å². The van der Waals surface area contributed by atoms with Gasteiger partial charge in [0.2, 0.25) is 0 Å². The summed E-state index contributed by atoms with van der Waals surface area (Å²) in [5.41, 5.74) is 3.47. The minimum Gasteiger partial charge on any atom is -0.316 e. The van der Waals surface area contributed by atoms with Gasteiger partial charge in [-0.1, -0.05) is 0 Å². The van der Waals surface area contributed by atoms with Crippen LogP contribution >= 0.6 is 0 Å². The largest absolute Gasteiger partial charge is 0.316 e. The fourth-order valence-corrected chi connectivity index (χ4v) is 2.17. The number of aromatic nitrogens is 3. The highest BCUT2D eigenvalue weighted by Crippen LogP contribution is 2.42. The second kappa shape index (κ2) is 3.56. The summed E-state index contributed by atoms with van der Waals surface area (Å²) < 4.78 is 1.89. The third-order valence-electron chi connectivity index (χ3n) is 3.11. The summed E-state index contributed by atoms with van der Waals surface area (Å²) in [7, 11) is 3.92. The highest BCUT2D eigenvalue weighted by atomic mass is 15.3. The number of fused-ring (bicyclic) bond motifs is 1. The summed E-state index contributed by atoms with van der Waals surface area (Å²) >= 11 is 0. The van der Waals surface area contributed by atoms with Crippen LogP contribution in [0.4, 0.5) is 0 Å². The summed E-state index contributed by atoms with van der Waals surface area (Å²) in [4.78, 5) is 4.49. The molecule has 2 heterocycles. The lowest BCUT2D eigenvalue weighted by molar-refractivity contribution is 0.758. The van der Waals surface area contributed by atoms with E-state index in [2.05, 4.69) is 21.5 Å². The van der Waals surface area contributed by atoms with Gasteiger partial charge in [-0.3, -0.25) is 4.68 Å². The van der Waals surface area contributed by atoms with Crippen LogP contribution in [0, 0.1) is 0 Å². The maximum absolute atomic E-state index is 4.59. The van der Waals surface area contributed by atoms with Crippen molar-refractivity contribution in [2.24, 2.45) is 7.05 Å². The summed E-state index contributed by atoms with van der Waals surface area (Å²) in [6.45, 7) is 0.863. The first-order valence-corrected chi connectivity index (χ1v) is 5.75. The van der Waals surface area contributed by atoms with E-state index in [4.69, 9.17) is 0 Å². The predicted molar refractivity (Wildman–Crippen MR) is 63.2 cm³/mol. The zero-order valence-electron chi connectivity index (χ0n) is 9.70. The molecule has 0 bridgehead atoms. The molecule has 1 saturated carbocycles. The molecule has 2 aromatic heterocycles. The Bertz CT molecular complexity index is 525. The van der Waals surface area contributed by atoms with E-state index in [9.17, 15) is 0 Å². The first-order valence-electron chi connectivity index (χ1n) is 5.75. The van der Waals surface area contributed by atoms with E-state index >= 15 is 0 Å². The van der Waals surface area contributed by atoms with Gasteiger partial charge < -0.3 is 5.32 Å². The van der Waals surface area contributed by atoms with Gasteiger partial charge in [-0.2, -0.15) is 5.10 Å². The predicted octanol–water partition coefficient (Wildman–Crippen LogP) is 1.57. The zero-order chi connectivity index (χ0) is 11.1. The Morgan fingerprint density at radius 3 is 3.00 bits per heavy atom. The fraction of sp³-hybridized carbons (Fsp3) is 0.500. The monoisotopic (exact) mass is 216 g/mol. The Hall–Kier alpha value is -1.42. The van der Waals surface area contributed by atoms with Crippen LogP contribution in [0.3, 0.4) is 0 Å². The lowest BCUT2D eigenvalue weighted by Gasteiger charge is -2.00. The van der Waals surface area contributed by atoms with E-state index in [0.29, 0.717) is 5.92 Å². The maximum Gasteiger partial charge on any atom is 0.157 e. The van der Waals surface area contributed by atoms with Crippen molar-refractivity contribution in [2.75, 3.05) is 7.05 Å². The third-order valence-corrected chi connectivity index (χ3v) is 3.11. The van der Waals surface area contributed by atoms with Gasteiger partial charge in [0.25, 0.3) is 0 Å². The Morgan fingerprint density at radius 2 is 2.31 bits per heavy atom. The van der Waals surface area contributed by atoms with Crippen LogP contribution in [0.15, 0.2) is 12.3 Å².